The van der Waals surface area contributed by atoms with Crippen LogP contribution in [0.4, 0.5) is 5.69 Å². The van der Waals surface area contributed by atoms with Gasteiger partial charge in [0.05, 0.1) is 18.0 Å². The van der Waals surface area contributed by atoms with Gasteiger partial charge < -0.3 is 4.74 Å². The van der Waals surface area contributed by atoms with E-state index < -0.39 is 16.7 Å². The summed E-state index contributed by atoms with van der Waals surface area (Å²) in [6, 6.07) is 4.17. The van der Waals surface area contributed by atoms with E-state index in [4.69, 9.17) is 4.74 Å². The molecule has 0 saturated carbocycles. The van der Waals surface area contributed by atoms with E-state index in [-0.39, 0.29) is 23.6 Å². The number of carbonyl (C=O) groups excluding carboxylic acids is 2. The van der Waals surface area contributed by atoms with Crippen molar-refractivity contribution in [3.63, 3.8) is 0 Å². The summed E-state index contributed by atoms with van der Waals surface area (Å²) in [5.74, 6) is -1.17. The van der Waals surface area contributed by atoms with Crippen molar-refractivity contribution >= 4 is 17.5 Å². The van der Waals surface area contributed by atoms with Gasteiger partial charge in [-0.05, 0) is 12.1 Å². The third kappa shape index (κ3) is 2.14. The molecular formula is C12H12N2O5. The van der Waals surface area contributed by atoms with E-state index in [9.17, 15) is 19.7 Å². The van der Waals surface area contributed by atoms with Gasteiger partial charge in [0.15, 0.2) is 0 Å². The number of nitro benzene ring substituents is 1. The summed E-state index contributed by atoms with van der Waals surface area (Å²) in [4.78, 5) is 34.9. The second-order valence-electron chi connectivity index (χ2n) is 4.23. The Morgan fingerprint density at radius 1 is 1.42 bits per heavy atom. The second kappa shape index (κ2) is 4.68. The van der Waals surface area contributed by atoms with Crippen LogP contribution in [0.5, 0.6) is 5.75 Å². The number of ether oxygens (including phenoxy) is 1. The Morgan fingerprint density at radius 3 is 2.58 bits per heavy atom. The van der Waals surface area contributed by atoms with Gasteiger partial charge in [0.25, 0.3) is 5.69 Å². The number of nitro groups is 1. The molecule has 1 aliphatic rings. The molecule has 1 unspecified atom stereocenters. The van der Waals surface area contributed by atoms with Gasteiger partial charge in [0, 0.05) is 25.1 Å². The third-order valence-electron chi connectivity index (χ3n) is 3.19. The van der Waals surface area contributed by atoms with Crippen molar-refractivity contribution in [3.05, 3.63) is 33.9 Å². The van der Waals surface area contributed by atoms with Gasteiger partial charge in [-0.3, -0.25) is 24.6 Å². The molecule has 2 amide bonds. The van der Waals surface area contributed by atoms with Crippen LogP contribution in [0, 0.1) is 10.1 Å². The Morgan fingerprint density at radius 2 is 2.11 bits per heavy atom. The average molecular weight is 264 g/mol. The number of carbonyl (C=O) groups is 2. The summed E-state index contributed by atoms with van der Waals surface area (Å²) in [6.07, 6.45) is -0.0522. The first-order chi connectivity index (χ1) is 8.95. The fourth-order valence-electron chi connectivity index (χ4n) is 2.10. The lowest BCUT2D eigenvalue weighted by Crippen LogP contribution is -2.25. The van der Waals surface area contributed by atoms with Gasteiger partial charge in [0.2, 0.25) is 11.8 Å². The Kier molecular flexibility index (Phi) is 3.20. The van der Waals surface area contributed by atoms with E-state index in [0.29, 0.717) is 5.75 Å². The molecule has 1 atom stereocenters. The molecule has 0 radical (unpaired) electrons. The molecule has 0 aromatic heterocycles. The summed E-state index contributed by atoms with van der Waals surface area (Å²) >= 11 is 0. The monoisotopic (exact) mass is 264 g/mol. The minimum Gasteiger partial charge on any atom is -0.497 e. The maximum atomic E-state index is 11.9. The standard InChI is InChI=1S/C12H12N2O5/c1-13-11(15)6-9(12(13)16)8-5-7(19-2)3-4-10(8)14(17)18/h3-5,9H,6H2,1-2H3. The fourth-order valence-corrected chi connectivity index (χ4v) is 2.10. The minimum atomic E-state index is -0.812. The van der Waals surface area contributed by atoms with E-state index >= 15 is 0 Å². The van der Waals surface area contributed by atoms with Crippen LogP contribution >= 0.6 is 0 Å². The molecular weight excluding hydrogens is 252 g/mol. The zero-order valence-corrected chi connectivity index (χ0v) is 10.5. The van der Waals surface area contributed by atoms with Crippen LogP contribution in [0.25, 0.3) is 0 Å². The molecule has 7 nitrogen and oxygen atoms in total. The molecule has 1 saturated heterocycles. The fraction of sp³-hybridized carbons (Fsp3) is 0.333. The molecule has 100 valence electrons. The van der Waals surface area contributed by atoms with Gasteiger partial charge in [-0.1, -0.05) is 0 Å². The third-order valence-corrected chi connectivity index (χ3v) is 3.19. The van der Waals surface area contributed by atoms with Crippen molar-refractivity contribution in [1.82, 2.24) is 4.90 Å². The molecule has 0 aliphatic carbocycles. The number of likely N-dealkylation sites (N-methyl/N-ethyl adjacent to an activating group) is 1. The minimum absolute atomic E-state index is 0.0522. The zero-order valence-electron chi connectivity index (χ0n) is 10.5. The number of amides is 2. The largest absolute Gasteiger partial charge is 0.497 e. The molecule has 2 rings (SSSR count). The van der Waals surface area contributed by atoms with Crippen LogP contribution in [0.1, 0.15) is 17.9 Å². The number of methoxy groups -OCH3 is 1. The molecule has 1 heterocycles. The normalized spacial score (nSPS) is 18.8. The van der Waals surface area contributed by atoms with Crippen LogP contribution in [0.2, 0.25) is 0 Å². The average Bonchev–Trinajstić information content (AvgIpc) is 2.65. The van der Waals surface area contributed by atoms with Crippen LogP contribution in [-0.2, 0) is 9.59 Å². The van der Waals surface area contributed by atoms with E-state index in [1.807, 2.05) is 0 Å². The maximum Gasteiger partial charge on any atom is 0.273 e. The molecule has 0 bridgehead atoms. The lowest BCUT2D eigenvalue weighted by molar-refractivity contribution is -0.385. The van der Waals surface area contributed by atoms with Crippen LogP contribution in [0.15, 0.2) is 18.2 Å². The molecule has 7 heteroatoms. The number of hydrogen-bond donors (Lipinski definition) is 0. The van der Waals surface area contributed by atoms with E-state index in [1.165, 1.54) is 32.4 Å². The van der Waals surface area contributed by atoms with Crippen LogP contribution in [0.3, 0.4) is 0 Å². The van der Waals surface area contributed by atoms with Gasteiger partial charge in [-0.2, -0.15) is 0 Å². The highest BCUT2D eigenvalue weighted by Gasteiger charge is 2.40. The first-order valence-electron chi connectivity index (χ1n) is 5.58. The lowest BCUT2D eigenvalue weighted by atomic mass is 9.95. The van der Waals surface area contributed by atoms with E-state index in [1.54, 1.807) is 0 Å². The smallest absolute Gasteiger partial charge is 0.273 e. The number of rotatable bonds is 3. The molecule has 1 aromatic carbocycles. The van der Waals surface area contributed by atoms with Crippen LogP contribution < -0.4 is 4.74 Å². The number of hydrogen-bond acceptors (Lipinski definition) is 5. The molecule has 19 heavy (non-hydrogen) atoms. The van der Waals surface area contributed by atoms with Crippen molar-refractivity contribution in [1.29, 1.82) is 0 Å². The van der Waals surface area contributed by atoms with Crippen molar-refractivity contribution in [2.75, 3.05) is 14.2 Å². The number of nitrogens with zero attached hydrogens (tertiary/aromatic N) is 2. The quantitative estimate of drug-likeness (QED) is 0.463. The summed E-state index contributed by atoms with van der Waals surface area (Å²) < 4.78 is 5.01. The topological polar surface area (TPSA) is 89.8 Å². The summed E-state index contributed by atoms with van der Waals surface area (Å²) in [7, 11) is 2.80. The SMILES string of the molecule is COc1ccc([N+](=O)[O-])c(C2CC(=O)N(C)C2=O)c1. The Bertz CT molecular complexity index is 569. The molecule has 0 spiro atoms. The van der Waals surface area contributed by atoms with Gasteiger partial charge in [-0.15, -0.1) is 0 Å². The van der Waals surface area contributed by atoms with Crippen LogP contribution in [-0.4, -0.2) is 35.8 Å². The van der Waals surface area contributed by atoms with Gasteiger partial charge in [-0.25, -0.2) is 0 Å². The highest BCUT2D eigenvalue weighted by atomic mass is 16.6. The predicted molar refractivity (Wildman–Crippen MR) is 64.8 cm³/mol. The first kappa shape index (κ1) is 13.0. The van der Waals surface area contributed by atoms with Crippen molar-refractivity contribution in [3.8, 4) is 5.75 Å². The number of benzene rings is 1. The lowest BCUT2D eigenvalue weighted by Gasteiger charge is -2.11. The van der Waals surface area contributed by atoms with E-state index in [0.717, 1.165) is 4.90 Å². The Labute approximate surface area is 108 Å². The summed E-state index contributed by atoms with van der Waals surface area (Å²) in [5, 5.41) is 11.0. The number of imide groups is 1. The predicted octanol–water partition coefficient (Wildman–Crippen LogP) is 1.08. The highest BCUT2D eigenvalue weighted by molar-refractivity contribution is 6.06. The van der Waals surface area contributed by atoms with Crippen molar-refractivity contribution < 1.29 is 19.2 Å². The van der Waals surface area contributed by atoms with E-state index in [2.05, 4.69) is 0 Å². The molecule has 1 aromatic rings. The molecule has 1 aliphatic heterocycles. The van der Waals surface area contributed by atoms with Crippen molar-refractivity contribution in [2.45, 2.75) is 12.3 Å². The number of likely N-dealkylation sites (tertiary alicyclic amines) is 1. The summed E-state index contributed by atoms with van der Waals surface area (Å²) in [5.41, 5.74) is 0.0364. The van der Waals surface area contributed by atoms with Crippen molar-refractivity contribution in [2.24, 2.45) is 0 Å². The highest BCUT2D eigenvalue weighted by Crippen LogP contribution is 2.36. The summed E-state index contributed by atoms with van der Waals surface area (Å²) in [6.45, 7) is 0. The molecule has 1 fully saturated rings. The molecule has 0 N–H and O–H groups in total. The van der Waals surface area contributed by atoms with Gasteiger partial charge >= 0.3 is 0 Å². The zero-order chi connectivity index (χ0) is 14.2. The maximum absolute atomic E-state index is 11.9. The second-order valence-corrected chi connectivity index (χ2v) is 4.23. The van der Waals surface area contributed by atoms with Gasteiger partial charge in [0.1, 0.15) is 5.75 Å². The Hall–Kier alpha value is -2.44. The Balaban J connectivity index is 2.51. The first-order valence-corrected chi connectivity index (χ1v) is 5.58.